The molecule has 0 spiro atoms. The molecule has 2 N–H and O–H groups in total. The molecule has 0 saturated carbocycles. The summed E-state index contributed by atoms with van der Waals surface area (Å²) in [4.78, 5) is 11.8. The number of hydrogen-bond acceptors (Lipinski definition) is 6. The Hall–Kier alpha value is -2.98. The van der Waals surface area contributed by atoms with Crippen LogP contribution in [0.2, 0.25) is 0 Å². The lowest BCUT2D eigenvalue weighted by atomic mass is 10.2. The molecular formula is C17H14N4O2S. The average Bonchev–Trinajstić information content (AvgIpc) is 3.03. The van der Waals surface area contributed by atoms with Crippen molar-refractivity contribution >= 4 is 29.6 Å². The lowest BCUT2D eigenvalue weighted by molar-refractivity contribution is -0.118. The Bertz CT molecular complexity index is 774. The third-order valence-corrected chi connectivity index (χ3v) is 4.15. The predicted molar refractivity (Wildman–Crippen MR) is 93.8 cm³/mol. The molecule has 0 bridgehead atoms. The number of fused-ring (bicyclic) bond motifs is 1. The minimum absolute atomic E-state index is 0.216. The van der Waals surface area contributed by atoms with E-state index in [1.165, 1.54) is 18.0 Å². The van der Waals surface area contributed by atoms with Crippen molar-refractivity contribution < 1.29 is 9.53 Å². The van der Waals surface area contributed by atoms with Crippen LogP contribution in [0, 0.1) is 11.3 Å². The molecule has 3 rings (SSSR count). The highest BCUT2D eigenvalue weighted by Crippen LogP contribution is 2.34. The molecule has 1 unspecified atom stereocenters. The molecule has 24 heavy (non-hydrogen) atoms. The highest BCUT2D eigenvalue weighted by molar-refractivity contribution is 8.00. The number of anilines is 1. The number of nitrogens with one attached hydrogen (secondary N) is 2. The summed E-state index contributed by atoms with van der Waals surface area (Å²) in [6.45, 7) is 0. The summed E-state index contributed by atoms with van der Waals surface area (Å²) in [7, 11) is 0. The Morgan fingerprint density at radius 1 is 1.33 bits per heavy atom. The van der Waals surface area contributed by atoms with Crippen molar-refractivity contribution in [3.63, 3.8) is 0 Å². The Morgan fingerprint density at radius 2 is 2.12 bits per heavy atom. The van der Waals surface area contributed by atoms with E-state index in [1.807, 2.05) is 30.3 Å². The van der Waals surface area contributed by atoms with E-state index in [2.05, 4.69) is 15.8 Å². The number of benzene rings is 2. The molecule has 1 aliphatic heterocycles. The van der Waals surface area contributed by atoms with Crippen LogP contribution in [-0.2, 0) is 4.79 Å². The van der Waals surface area contributed by atoms with E-state index >= 15 is 0 Å². The van der Waals surface area contributed by atoms with Crippen LogP contribution in [0.4, 0.5) is 5.69 Å². The first-order valence-corrected chi connectivity index (χ1v) is 8.25. The number of carbonyl (C=O) groups excluding carboxylic acids is 1. The molecule has 1 atom stereocenters. The van der Waals surface area contributed by atoms with E-state index in [0.29, 0.717) is 5.56 Å². The van der Waals surface area contributed by atoms with Gasteiger partial charge in [-0.25, -0.2) is 5.43 Å². The maximum atomic E-state index is 11.8. The van der Waals surface area contributed by atoms with Gasteiger partial charge in [-0.05, 0) is 29.8 Å². The van der Waals surface area contributed by atoms with Crippen molar-refractivity contribution in [2.75, 3.05) is 11.1 Å². The Labute approximate surface area is 143 Å². The van der Waals surface area contributed by atoms with Gasteiger partial charge in [0, 0.05) is 0 Å². The Kier molecular flexibility index (Phi) is 4.99. The summed E-state index contributed by atoms with van der Waals surface area (Å²) in [5, 5.41) is 15.8. The first-order chi connectivity index (χ1) is 11.7. The molecule has 0 radical (unpaired) electrons. The number of rotatable bonds is 5. The molecule has 1 heterocycles. The first kappa shape index (κ1) is 15.9. The van der Waals surface area contributed by atoms with Gasteiger partial charge in [0.2, 0.25) is 11.5 Å². The molecule has 0 aliphatic carbocycles. The third-order valence-electron chi connectivity index (χ3n) is 3.20. The van der Waals surface area contributed by atoms with Crippen LogP contribution < -0.4 is 15.5 Å². The summed E-state index contributed by atoms with van der Waals surface area (Å²) in [6, 6.07) is 16.6. The van der Waals surface area contributed by atoms with Gasteiger partial charge in [-0.1, -0.05) is 36.0 Å². The minimum atomic E-state index is -0.282. The molecule has 120 valence electrons. The predicted octanol–water partition coefficient (Wildman–Crippen LogP) is 2.53. The number of nitriles is 1. The molecule has 1 aliphatic rings. The monoisotopic (exact) mass is 338 g/mol. The van der Waals surface area contributed by atoms with Crippen LogP contribution in [0.15, 0.2) is 53.6 Å². The number of para-hydroxylation sites is 2. The maximum absolute atomic E-state index is 11.8. The molecule has 1 amide bonds. The van der Waals surface area contributed by atoms with Crippen LogP contribution in [0.1, 0.15) is 11.1 Å². The van der Waals surface area contributed by atoms with E-state index in [-0.39, 0.29) is 17.2 Å². The van der Waals surface area contributed by atoms with E-state index in [9.17, 15) is 4.79 Å². The van der Waals surface area contributed by atoms with Gasteiger partial charge in [-0.3, -0.25) is 4.79 Å². The second kappa shape index (κ2) is 7.53. The fraction of sp³-hybridized carbons (Fsp3) is 0.118. The largest absolute Gasteiger partial charge is 0.459 e. The summed E-state index contributed by atoms with van der Waals surface area (Å²) >= 11 is 1.34. The lowest BCUT2D eigenvalue weighted by Gasteiger charge is -2.09. The highest BCUT2D eigenvalue weighted by Gasteiger charge is 2.22. The van der Waals surface area contributed by atoms with Crippen LogP contribution >= 0.6 is 11.8 Å². The third kappa shape index (κ3) is 4.06. The number of amides is 1. The van der Waals surface area contributed by atoms with Crippen molar-refractivity contribution in [1.82, 2.24) is 5.43 Å². The van der Waals surface area contributed by atoms with E-state index in [0.717, 1.165) is 17.0 Å². The zero-order valence-electron chi connectivity index (χ0n) is 12.6. The van der Waals surface area contributed by atoms with Gasteiger partial charge in [0.05, 0.1) is 29.3 Å². The number of ether oxygens (including phenoxy) is 1. The van der Waals surface area contributed by atoms with Gasteiger partial charge in [0.25, 0.3) is 0 Å². The van der Waals surface area contributed by atoms with Crippen molar-refractivity contribution in [2.24, 2.45) is 5.10 Å². The second-order valence-corrected chi connectivity index (χ2v) is 5.98. The summed E-state index contributed by atoms with van der Waals surface area (Å²) < 4.78 is 5.66. The Balaban J connectivity index is 1.42. The number of thioether (sulfide) groups is 1. The molecule has 0 aromatic heterocycles. The van der Waals surface area contributed by atoms with E-state index in [1.54, 1.807) is 24.3 Å². The molecule has 2 aromatic carbocycles. The molecule has 7 heteroatoms. The van der Waals surface area contributed by atoms with Crippen LogP contribution in [-0.4, -0.2) is 23.4 Å². The van der Waals surface area contributed by atoms with Crippen molar-refractivity contribution in [1.29, 1.82) is 5.26 Å². The number of nitrogens with zero attached hydrogens (tertiary/aromatic N) is 2. The SMILES string of the molecule is N#Cc1ccc(C=NNC(=O)CSC2Nc3ccccc3O2)cc1. The number of hydrogen-bond donors (Lipinski definition) is 2. The van der Waals surface area contributed by atoms with Crippen molar-refractivity contribution in [3.8, 4) is 11.8 Å². The topological polar surface area (TPSA) is 86.5 Å². The molecular weight excluding hydrogens is 324 g/mol. The standard InChI is InChI=1S/C17H14N4O2S/c18-9-12-5-7-13(8-6-12)10-19-21-16(22)11-24-17-20-14-3-1-2-4-15(14)23-17/h1-8,10,17,20H,11H2,(H,21,22). The fourth-order valence-electron chi connectivity index (χ4n) is 2.04. The van der Waals surface area contributed by atoms with Gasteiger partial charge >= 0.3 is 0 Å². The summed E-state index contributed by atoms with van der Waals surface area (Å²) in [6.07, 6.45) is 1.53. The van der Waals surface area contributed by atoms with Crippen LogP contribution in [0.5, 0.6) is 5.75 Å². The average molecular weight is 338 g/mol. The zero-order chi connectivity index (χ0) is 16.8. The molecule has 6 nitrogen and oxygen atoms in total. The smallest absolute Gasteiger partial charge is 0.250 e. The maximum Gasteiger partial charge on any atom is 0.250 e. The van der Waals surface area contributed by atoms with Gasteiger partial charge in [-0.2, -0.15) is 10.4 Å². The number of carbonyl (C=O) groups is 1. The minimum Gasteiger partial charge on any atom is -0.459 e. The normalized spacial score (nSPS) is 15.2. The van der Waals surface area contributed by atoms with Crippen molar-refractivity contribution in [2.45, 2.75) is 5.56 Å². The highest BCUT2D eigenvalue weighted by atomic mass is 32.2. The Morgan fingerprint density at radius 3 is 2.88 bits per heavy atom. The molecule has 0 fully saturated rings. The fourth-order valence-corrected chi connectivity index (χ4v) is 2.79. The van der Waals surface area contributed by atoms with Gasteiger partial charge < -0.3 is 10.1 Å². The second-order valence-electron chi connectivity index (χ2n) is 4.93. The van der Waals surface area contributed by atoms with Gasteiger partial charge in [0.1, 0.15) is 5.75 Å². The quantitative estimate of drug-likeness (QED) is 0.646. The summed E-state index contributed by atoms with van der Waals surface area (Å²) in [5.41, 5.74) is 4.49. The van der Waals surface area contributed by atoms with Crippen molar-refractivity contribution in [3.05, 3.63) is 59.7 Å². The van der Waals surface area contributed by atoms with Crippen LogP contribution in [0.25, 0.3) is 0 Å². The first-order valence-electron chi connectivity index (χ1n) is 7.20. The van der Waals surface area contributed by atoms with Gasteiger partial charge in [-0.15, -0.1) is 0 Å². The zero-order valence-corrected chi connectivity index (χ0v) is 13.4. The number of hydrazone groups is 1. The van der Waals surface area contributed by atoms with Gasteiger partial charge in [0.15, 0.2) is 0 Å². The molecule has 0 saturated heterocycles. The van der Waals surface area contributed by atoms with E-state index < -0.39 is 0 Å². The molecule has 2 aromatic rings. The van der Waals surface area contributed by atoms with E-state index in [4.69, 9.17) is 10.00 Å². The summed E-state index contributed by atoms with van der Waals surface area (Å²) in [5.74, 6) is 0.789. The lowest BCUT2D eigenvalue weighted by Crippen LogP contribution is -2.24. The van der Waals surface area contributed by atoms with Crippen LogP contribution in [0.3, 0.4) is 0 Å².